The highest BCUT2D eigenvalue weighted by Crippen LogP contribution is 2.34. The van der Waals surface area contributed by atoms with Crippen LogP contribution in [0.15, 0.2) is 34.8 Å². The van der Waals surface area contributed by atoms with Crippen LogP contribution in [0.1, 0.15) is 5.56 Å². The maximum atomic E-state index is 12.5. The van der Waals surface area contributed by atoms with Gasteiger partial charge in [0.1, 0.15) is 6.29 Å². The molecular weight excluding hydrogens is 273 g/mol. The summed E-state index contributed by atoms with van der Waals surface area (Å²) < 4.78 is 38.0. The molecule has 0 saturated heterocycles. The van der Waals surface area contributed by atoms with Gasteiger partial charge in [-0.15, -0.1) is 0 Å². The summed E-state index contributed by atoms with van der Waals surface area (Å²) in [6, 6.07) is 5.69. The summed E-state index contributed by atoms with van der Waals surface area (Å²) in [5, 5.41) is 0. The molecule has 0 bridgehead atoms. The van der Waals surface area contributed by atoms with Crippen LogP contribution < -0.4 is 0 Å². The second-order valence-corrected chi connectivity index (χ2v) is 3.64. The zero-order chi connectivity index (χ0) is 11.5. The fourth-order valence-electron chi connectivity index (χ4n) is 1.08. The van der Waals surface area contributed by atoms with Crippen LogP contribution in [0.2, 0.25) is 0 Å². The van der Waals surface area contributed by atoms with Gasteiger partial charge < -0.3 is 0 Å². The first-order chi connectivity index (χ1) is 6.95. The van der Waals surface area contributed by atoms with E-state index in [1.807, 2.05) is 0 Å². The van der Waals surface area contributed by atoms with Gasteiger partial charge in [0.25, 0.3) is 0 Å². The molecule has 1 nitrogen and oxygen atoms in total. The van der Waals surface area contributed by atoms with Gasteiger partial charge in [-0.2, -0.15) is 13.2 Å². The molecule has 0 aliphatic rings. The van der Waals surface area contributed by atoms with Crippen LogP contribution in [-0.4, -0.2) is 12.5 Å². The molecule has 0 aliphatic carbocycles. The number of hydrogen-bond donors (Lipinski definition) is 0. The minimum absolute atomic E-state index is 0.0380. The highest BCUT2D eigenvalue weighted by molar-refractivity contribution is 9.10. The lowest BCUT2D eigenvalue weighted by Gasteiger charge is -2.10. The Morgan fingerprint density at radius 2 is 2.00 bits per heavy atom. The molecule has 0 unspecified atom stereocenters. The standard InChI is InChI=1S/C10H6BrF3O/c11-8-3-1-2-7(6-8)9(4-5-15)10(12,13)14/h1-6H/b9-4+. The highest BCUT2D eigenvalue weighted by atomic mass is 79.9. The molecule has 1 aromatic rings. The van der Waals surface area contributed by atoms with E-state index < -0.39 is 11.7 Å². The van der Waals surface area contributed by atoms with E-state index in [1.165, 1.54) is 18.2 Å². The third-order valence-electron chi connectivity index (χ3n) is 1.68. The average molecular weight is 279 g/mol. The Balaban J connectivity index is 3.23. The summed E-state index contributed by atoms with van der Waals surface area (Å²) in [4.78, 5) is 10.1. The number of carbonyl (C=O) groups is 1. The first-order valence-corrected chi connectivity index (χ1v) is 4.73. The third kappa shape index (κ3) is 3.20. The maximum Gasteiger partial charge on any atom is 0.417 e. The molecule has 0 atom stereocenters. The Hall–Kier alpha value is -1.10. The van der Waals surface area contributed by atoms with E-state index in [9.17, 15) is 18.0 Å². The largest absolute Gasteiger partial charge is 0.417 e. The van der Waals surface area contributed by atoms with E-state index in [2.05, 4.69) is 15.9 Å². The lowest BCUT2D eigenvalue weighted by Crippen LogP contribution is -2.10. The Morgan fingerprint density at radius 1 is 1.33 bits per heavy atom. The third-order valence-corrected chi connectivity index (χ3v) is 2.17. The van der Waals surface area contributed by atoms with Crippen molar-refractivity contribution < 1.29 is 18.0 Å². The van der Waals surface area contributed by atoms with Crippen molar-refractivity contribution in [1.29, 1.82) is 0 Å². The lowest BCUT2D eigenvalue weighted by molar-refractivity contribution is -0.104. The summed E-state index contributed by atoms with van der Waals surface area (Å²) in [5.74, 6) is 0. The van der Waals surface area contributed by atoms with Crippen LogP contribution in [0, 0.1) is 0 Å². The number of carbonyl (C=O) groups excluding carboxylic acids is 1. The zero-order valence-electron chi connectivity index (χ0n) is 7.38. The first kappa shape index (κ1) is 12.0. The van der Waals surface area contributed by atoms with Crippen molar-refractivity contribution >= 4 is 27.8 Å². The fourth-order valence-corrected chi connectivity index (χ4v) is 1.48. The zero-order valence-corrected chi connectivity index (χ0v) is 8.97. The molecule has 0 aliphatic heterocycles. The topological polar surface area (TPSA) is 17.1 Å². The smallest absolute Gasteiger partial charge is 0.299 e. The Kier molecular flexibility index (Phi) is 3.68. The number of aldehydes is 1. The van der Waals surface area contributed by atoms with Crippen molar-refractivity contribution in [3.8, 4) is 0 Å². The predicted molar refractivity (Wildman–Crippen MR) is 54.2 cm³/mol. The molecule has 0 amide bonds. The fraction of sp³-hybridized carbons (Fsp3) is 0.100. The molecule has 0 fully saturated rings. The quantitative estimate of drug-likeness (QED) is 0.597. The van der Waals surface area contributed by atoms with Gasteiger partial charge in [-0.05, 0) is 23.8 Å². The van der Waals surface area contributed by atoms with Crippen LogP contribution in [0.4, 0.5) is 13.2 Å². The number of allylic oxidation sites excluding steroid dienone is 2. The van der Waals surface area contributed by atoms with Crippen LogP contribution in [-0.2, 0) is 4.79 Å². The van der Waals surface area contributed by atoms with E-state index in [4.69, 9.17) is 0 Å². The van der Waals surface area contributed by atoms with Gasteiger partial charge in [0.15, 0.2) is 0 Å². The van der Waals surface area contributed by atoms with Crippen molar-refractivity contribution in [1.82, 2.24) is 0 Å². The SMILES string of the molecule is O=C/C=C(\c1cccc(Br)c1)C(F)(F)F. The summed E-state index contributed by atoms with van der Waals surface area (Å²) in [5.41, 5.74) is -0.984. The Bertz CT molecular complexity index is 396. The van der Waals surface area contributed by atoms with E-state index in [1.54, 1.807) is 6.07 Å². The number of rotatable bonds is 2. The van der Waals surface area contributed by atoms with E-state index >= 15 is 0 Å². The van der Waals surface area contributed by atoms with Crippen molar-refractivity contribution in [2.45, 2.75) is 6.18 Å². The molecule has 0 saturated carbocycles. The Morgan fingerprint density at radius 3 is 2.47 bits per heavy atom. The second-order valence-electron chi connectivity index (χ2n) is 2.72. The summed E-state index contributed by atoms with van der Waals surface area (Å²) >= 11 is 3.07. The van der Waals surface area contributed by atoms with Gasteiger partial charge in [0.2, 0.25) is 0 Å². The van der Waals surface area contributed by atoms with Gasteiger partial charge in [-0.3, -0.25) is 4.79 Å². The maximum absolute atomic E-state index is 12.5. The molecule has 0 N–H and O–H groups in total. The average Bonchev–Trinajstić information content (AvgIpc) is 2.12. The molecule has 15 heavy (non-hydrogen) atoms. The minimum atomic E-state index is -4.53. The molecule has 1 rings (SSSR count). The number of alkyl halides is 3. The Labute approximate surface area is 92.7 Å². The molecular formula is C10H6BrF3O. The molecule has 5 heteroatoms. The number of benzene rings is 1. The molecule has 1 aromatic carbocycles. The molecule has 80 valence electrons. The summed E-state index contributed by atoms with van der Waals surface area (Å²) in [6.45, 7) is 0. The first-order valence-electron chi connectivity index (χ1n) is 3.94. The summed E-state index contributed by atoms with van der Waals surface area (Å²) in [7, 11) is 0. The second kappa shape index (κ2) is 4.61. The van der Waals surface area contributed by atoms with Gasteiger partial charge in [-0.1, -0.05) is 28.1 Å². The van der Waals surface area contributed by atoms with E-state index in [-0.39, 0.29) is 11.8 Å². The summed E-state index contributed by atoms with van der Waals surface area (Å²) in [6.07, 6.45) is -3.88. The van der Waals surface area contributed by atoms with Crippen LogP contribution >= 0.6 is 15.9 Å². The van der Waals surface area contributed by atoms with E-state index in [0.29, 0.717) is 10.5 Å². The lowest BCUT2D eigenvalue weighted by atomic mass is 10.1. The number of halogens is 4. The van der Waals surface area contributed by atoms with Crippen molar-refractivity contribution in [2.24, 2.45) is 0 Å². The van der Waals surface area contributed by atoms with Crippen molar-refractivity contribution in [2.75, 3.05) is 0 Å². The van der Waals surface area contributed by atoms with Crippen molar-refractivity contribution in [3.05, 3.63) is 40.4 Å². The van der Waals surface area contributed by atoms with Crippen LogP contribution in [0.25, 0.3) is 5.57 Å². The normalized spacial score (nSPS) is 12.7. The van der Waals surface area contributed by atoms with Crippen LogP contribution in [0.3, 0.4) is 0 Å². The van der Waals surface area contributed by atoms with Crippen molar-refractivity contribution in [3.63, 3.8) is 0 Å². The van der Waals surface area contributed by atoms with Crippen LogP contribution in [0.5, 0.6) is 0 Å². The molecule has 0 heterocycles. The molecule has 0 spiro atoms. The van der Waals surface area contributed by atoms with Gasteiger partial charge in [0.05, 0.1) is 5.57 Å². The predicted octanol–water partition coefficient (Wildman–Crippen LogP) is 3.59. The molecule has 0 radical (unpaired) electrons. The van der Waals surface area contributed by atoms with E-state index in [0.717, 1.165) is 0 Å². The highest BCUT2D eigenvalue weighted by Gasteiger charge is 2.34. The monoisotopic (exact) mass is 278 g/mol. The molecule has 0 aromatic heterocycles. The minimum Gasteiger partial charge on any atom is -0.299 e. The van der Waals surface area contributed by atoms with Gasteiger partial charge in [-0.25, -0.2) is 0 Å². The number of hydrogen-bond acceptors (Lipinski definition) is 1. The van der Waals surface area contributed by atoms with Gasteiger partial charge >= 0.3 is 6.18 Å². The van der Waals surface area contributed by atoms with Gasteiger partial charge in [0, 0.05) is 4.47 Å².